The van der Waals surface area contributed by atoms with Crippen molar-refractivity contribution in [3.63, 3.8) is 0 Å². The summed E-state index contributed by atoms with van der Waals surface area (Å²) < 4.78 is 0. The zero-order valence-corrected chi connectivity index (χ0v) is 12.7. The number of likely N-dealkylation sites (N-methyl/N-ethyl adjacent to an activating group) is 1. The molecule has 0 aromatic heterocycles. The molecule has 3 N–H and O–H groups in total. The SMILES string of the molecule is CN1CCN(CCCCC(C)(N)CO)c2ccccc21. The molecular weight excluding hydrogens is 250 g/mol. The predicted molar refractivity (Wildman–Crippen MR) is 85.5 cm³/mol. The molecule has 1 heterocycles. The number of hydrogen-bond donors (Lipinski definition) is 2. The lowest BCUT2D eigenvalue weighted by Gasteiger charge is -2.37. The molecule has 0 radical (unpaired) electrons. The molecule has 2 rings (SSSR count). The van der Waals surface area contributed by atoms with Crippen LogP contribution in [0.15, 0.2) is 24.3 Å². The predicted octanol–water partition coefficient (Wildman–Crippen LogP) is 1.82. The van der Waals surface area contributed by atoms with Gasteiger partial charge in [0.2, 0.25) is 0 Å². The topological polar surface area (TPSA) is 52.7 Å². The monoisotopic (exact) mass is 277 g/mol. The van der Waals surface area contributed by atoms with Crippen molar-refractivity contribution in [2.75, 3.05) is 43.1 Å². The Balaban J connectivity index is 1.87. The number of aliphatic hydroxyl groups excluding tert-OH is 1. The van der Waals surface area contributed by atoms with Gasteiger partial charge in [0, 0.05) is 32.2 Å². The molecule has 0 amide bonds. The van der Waals surface area contributed by atoms with Gasteiger partial charge in [0.1, 0.15) is 0 Å². The van der Waals surface area contributed by atoms with Crippen LogP contribution in [0.3, 0.4) is 0 Å². The van der Waals surface area contributed by atoms with Crippen molar-refractivity contribution in [1.82, 2.24) is 0 Å². The van der Waals surface area contributed by atoms with Crippen molar-refractivity contribution in [3.8, 4) is 0 Å². The largest absolute Gasteiger partial charge is 0.394 e. The van der Waals surface area contributed by atoms with E-state index in [-0.39, 0.29) is 6.61 Å². The highest BCUT2D eigenvalue weighted by Gasteiger charge is 2.20. The zero-order valence-electron chi connectivity index (χ0n) is 12.7. The molecule has 1 unspecified atom stereocenters. The smallest absolute Gasteiger partial charge is 0.0608 e. The maximum Gasteiger partial charge on any atom is 0.0608 e. The fourth-order valence-corrected chi connectivity index (χ4v) is 2.71. The maximum absolute atomic E-state index is 9.16. The first-order valence-electron chi connectivity index (χ1n) is 7.48. The van der Waals surface area contributed by atoms with E-state index in [9.17, 15) is 0 Å². The van der Waals surface area contributed by atoms with E-state index in [1.807, 2.05) is 6.92 Å². The number of anilines is 2. The quantitative estimate of drug-likeness (QED) is 0.779. The number of benzene rings is 1. The molecule has 1 aliphatic rings. The van der Waals surface area contributed by atoms with E-state index in [4.69, 9.17) is 10.8 Å². The van der Waals surface area contributed by atoms with E-state index in [1.54, 1.807) is 0 Å². The average molecular weight is 277 g/mol. The van der Waals surface area contributed by atoms with Gasteiger partial charge in [-0.1, -0.05) is 12.1 Å². The first kappa shape index (κ1) is 15.1. The van der Waals surface area contributed by atoms with Gasteiger partial charge in [0.05, 0.1) is 18.0 Å². The lowest BCUT2D eigenvalue weighted by atomic mass is 9.97. The normalized spacial score (nSPS) is 17.8. The second-order valence-electron chi connectivity index (χ2n) is 6.17. The summed E-state index contributed by atoms with van der Waals surface area (Å²) in [6, 6.07) is 8.59. The second-order valence-corrected chi connectivity index (χ2v) is 6.17. The van der Waals surface area contributed by atoms with Crippen molar-refractivity contribution in [2.24, 2.45) is 5.73 Å². The minimum atomic E-state index is -0.431. The average Bonchev–Trinajstić information content (AvgIpc) is 2.46. The first-order valence-corrected chi connectivity index (χ1v) is 7.48. The Morgan fingerprint density at radius 1 is 1.20 bits per heavy atom. The van der Waals surface area contributed by atoms with Crippen LogP contribution in [0.2, 0.25) is 0 Å². The standard InChI is InChI=1S/C16H27N3O/c1-16(17,13-20)9-5-6-10-19-12-11-18(2)14-7-3-4-8-15(14)19/h3-4,7-8,20H,5-6,9-13,17H2,1-2H3. The fraction of sp³-hybridized carbons (Fsp3) is 0.625. The van der Waals surface area contributed by atoms with Gasteiger partial charge in [0.25, 0.3) is 0 Å². The van der Waals surface area contributed by atoms with Gasteiger partial charge < -0.3 is 20.6 Å². The molecule has 1 atom stereocenters. The molecule has 0 aliphatic carbocycles. The number of fused-ring (bicyclic) bond motifs is 1. The van der Waals surface area contributed by atoms with Crippen molar-refractivity contribution in [2.45, 2.75) is 31.7 Å². The van der Waals surface area contributed by atoms with Gasteiger partial charge in [-0.3, -0.25) is 0 Å². The number of para-hydroxylation sites is 2. The Hall–Kier alpha value is -1.26. The molecule has 112 valence electrons. The van der Waals surface area contributed by atoms with Gasteiger partial charge >= 0.3 is 0 Å². The van der Waals surface area contributed by atoms with Crippen molar-refractivity contribution >= 4 is 11.4 Å². The number of aliphatic hydroxyl groups is 1. The van der Waals surface area contributed by atoms with Crippen LogP contribution in [0.4, 0.5) is 11.4 Å². The van der Waals surface area contributed by atoms with E-state index in [0.29, 0.717) is 0 Å². The first-order chi connectivity index (χ1) is 9.53. The van der Waals surface area contributed by atoms with E-state index in [0.717, 1.165) is 38.9 Å². The molecule has 1 aromatic rings. The summed E-state index contributed by atoms with van der Waals surface area (Å²) >= 11 is 0. The third-order valence-electron chi connectivity index (χ3n) is 4.13. The maximum atomic E-state index is 9.16. The molecule has 0 fully saturated rings. The van der Waals surface area contributed by atoms with Crippen LogP contribution in [-0.4, -0.2) is 43.9 Å². The van der Waals surface area contributed by atoms with E-state index in [2.05, 4.69) is 41.1 Å². The fourth-order valence-electron chi connectivity index (χ4n) is 2.71. The van der Waals surface area contributed by atoms with Crippen molar-refractivity contribution in [1.29, 1.82) is 0 Å². The van der Waals surface area contributed by atoms with E-state index < -0.39 is 5.54 Å². The Kier molecular flexibility index (Phi) is 4.89. The molecule has 20 heavy (non-hydrogen) atoms. The summed E-state index contributed by atoms with van der Waals surface area (Å²) in [5.41, 5.74) is 8.18. The highest BCUT2D eigenvalue weighted by atomic mass is 16.3. The van der Waals surface area contributed by atoms with E-state index >= 15 is 0 Å². The summed E-state index contributed by atoms with van der Waals surface area (Å²) in [5.74, 6) is 0. The summed E-state index contributed by atoms with van der Waals surface area (Å²) in [6.07, 6.45) is 3.05. The van der Waals surface area contributed by atoms with Crippen LogP contribution in [0.25, 0.3) is 0 Å². The summed E-state index contributed by atoms with van der Waals surface area (Å²) in [5, 5.41) is 9.16. The summed E-state index contributed by atoms with van der Waals surface area (Å²) in [6.45, 7) is 5.19. The molecule has 1 aliphatic heterocycles. The van der Waals surface area contributed by atoms with E-state index in [1.165, 1.54) is 11.4 Å². The van der Waals surface area contributed by atoms with Crippen LogP contribution in [0, 0.1) is 0 Å². The second kappa shape index (κ2) is 6.46. The Morgan fingerprint density at radius 3 is 2.60 bits per heavy atom. The molecule has 4 heteroatoms. The molecule has 0 spiro atoms. The molecule has 0 saturated heterocycles. The van der Waals surface area contributed by atoms with Crippen LogP contribution in [0.1, 0.15) is 26.2 Å². The third-order valence-corrected chi connectivity index (χ3v) is 4.13. The van der Waals surface area contributed by atoms with Crippen molar-refractivity contribution < 1.29 is 5.11 Å². The number of nitrogens with two attached hydrogens (primary N) is 1. The zero-order chi connectivity index (χ0) is 14.6. The molecule has 4 nitrogen and oxygen atoms in total. The van der Waals surface area contributed by atoms with Gasteiger partial charge in [-0.15, -0.1) is 0 Å². The summed E-state index contributed by atoms with van der Waals surface area (Å²) in [4.78, 5) is 4.77. The third kappa shape index (κ3) is 3.64. The van der Waals surface area contributed by atoms with Gasteiger partial charge in [-0.05, 0) is 38.3 Å². The minimum absolute atomic E-state index is 0.0599. The number of nitrogens with zero attached hydrogens (tertiary/aromatic N) is 2. The molecular formula is C16H27N3O. The highest BCUT2D eigenvalue weighted by Crippen LogP contribution is 2.31. The lowest BCUT2D eigenvalue weighted by molar-refractivity contribution is 0.197. The van der Waals surface area contributed by atoms with Gasteiger partial charge in [0.15, 0.2) is 0 Å². The van der Waals surface area contributed by atoms with Crippen LogP contribution in [0.5, 0.6) is 0 Å². The molecule has 0 bridgehead atoms. The van der Waals surface area contributed by atoms with Crippen LogP contribution < -0.4 is 15.5 Å². The number of unbranched alkanes of at least 4 members (excludes halogenated alkanes) is 1. The lowest BCUT2D eigenvalue weighted by Crippen LogP contribution is -2.41. The minimum Gasteiger partial charge on any atom is -0.394 e. The van der Waals surface area contributed by atoms with Crippen molar-refractivity contribution in [3.05, 3.63) is 24.3 Å². The van der Waals surface area contributed by atoms with Crippen LogP contribution in [-0.2, 0) is 0 Å². The Labute approximate surface area is 122 Å². The molecule has 1 aromatic carbocycles. The Morgan fingerprint density at radius 2 is 1.90 bits per heavy atom. The molecule has 0 saturated carbocycles. The summed E-state index contributed by atoms with van der Waals surface area (Å²) in [7, 11) is 2.15. The number of rotatable bonds is 6. The van der Waals surface area contributed by atoms with Gasteiger partial charge in [-0.2, -0.15) is 0 Å². The Bertz CT molecular complexity index is 433. The number of hydrogen-bond acceptors (Lipinski definition) is 4. The van der Waals surface area contributed by atoms with Gasteiger partial charge in [-0.25, -0.2) is 0 Å². The van der Waals surface area contributed by atoms with Crippen LogP contribution >= 0.6 is 0 Å². The highest BCUT2D eigenvalue weighted by molar-refractivity contribution is 5.72.